The molecule has 3 aromatic heterocycles. The second-order valence-corrected chi connectivity index (χ2v) is 14.9. The third-order valence-electron chi connectivity index (χ3n) is 11.9. The highest BCUT2D eigenvalue weighted by atomic mass is 16.5. The fourth-order valence-corrected chi connectivity index (χ4v) is 9.55. The van der Waals surface area contributed by atoms with Crippen LogP contribution in [0.25, 0.3) is 82.3 Å². The van der Waals surface area contributed by atoms with Gasteiger partial charge in [0, 0.05) is 43.3 Å². The van der Waals surface area contributed by atoms with Gasteiger partial charge >= 0.3 is 0 Å². The summed E-state index contributed by atoms with van der Waals surface area (Å²) in [6, 6.07) is 54.3. The molecule has 4 nitrogen and oxygen atoms in total. The number of fused-ring (bicyclic) bond motifs is 13. The molecule has 0 fully saturated rings. The molecule has 13 rings (SSSR count). The number of rotatable bonds is 2. The van der Waals surface area contributed by atoms with Gasteiger partial charge in [0.1, 0.15) is 34.2 Å². The van der Waals surface area contributed by atoms with E-state index in [1.165, 1.54) is 54.6 Å². The minimum absolute atomic E-state index is 0.0479. The lowest BCUT2D eigenvalue weighted by Crippen LogP contribution is -2.57. The smallest absolute Gasteiger partial charge is 0.260 e. The van der Waals surface area contributed by atoms with E-state index in [9.17, 15) is 0 Å². The van der Waals surface area contributed by atoms with Crippen molar-refractivity contribution in [3.05, 3.63) is 157 Å². The summed E-state index contributed by atoms with van der Waals surface area (Å²) < 4.78 is 22.5. The summed E-state index contributed by atoms with van der Waals surface area (Å²) in [4.78, 5) is 0. The molecule has 5 heterocycles. The highest BCUT2D eigenvalue weighted by Crippen LogP contribution is 2.44. The van der Waals surface area contributed by atoms with Gasteiger partial charge < -0.3 is 18.3 Å². The second-order valence-electron chi connectivity index (χ2n) is 14.9. The van der Waals surface area contributed by atoms with Gasteiger partial charge in [-0.1, -0.05) is 109 Å². The summed E-state index contributed by atoms with van der Waals surface area (Å²) >= 11 is 0. The van der Waals surface area contributed by atoms with Gasteiger partial charge in [-0.05, 0) is 83.1 Å². The summed E-state index contributed by atoms with van der Waals surface area (Å²) in [5, 5.41) is 7.25. The van der Waals surface area contributed by atoms with Crippen LogP contribution < -0.4 is 25.9 Å². The largest absolute Gasteiger partial charge is 0.458 e. The van der Waals surface area contributed by atoms with E-state index in [0.29, 0.717) is 0 Å². The van der Waals surface area contributed by atoms with Crippen molar-refractivity contribution in [2.75, 3.05) is 0 Å². The molecule has 0 saturated carbocycles. The zero-order valence-electron chi connectivity index (χ0n) is 29.2. The zero-order chi connectivity index (χ0) is 35.2. The predicted octanol–water partition coefficient (Wildman–Crippen LogP) is 11.1. The number of hydrogen-bond acceptors (Lipinski definition) is 3. The lowest BCUT2D eigenvalue weighted by Gasteiger charge is -2.33. The van der Waals surface area contributed by atoms with Crippen molar-refractivity contribution in [1.29, 1.82) is 0 Å². The highest BCUT2D eigenvalue weighted by molar-refractivity contribution is 6.98. The van der Waals surface area contributed by atoms with Gasteiger partial charge in [0.25, 0.3) is 6.71 Å². The summed E-state index contributed by atoms with van der Waals surface area (Å²) in [5.74, 6) is 3.46. The molecule has 0 N–H and O–H groups in total. The number of nitrogens with zero attached hydrogens (tertiary/aromatic N) is 1. The molecule has 0 atom stereocenters. The number of ether oxygens (including phenoxy) is 2. The minimum atomic E-state index is 0.0479. The Morgan fingerprint density at radius 3 is 2.09 bits per heavy atom. The summed E-state index contributed by atoms with van der Waals surface area (Å²) in [6.07, 6.45) is 0. The zero-order valence-corrected chi connectivity index (χ0v) is 29.2. The van der Waals surface area contributed by atoms with Crippen LogP contribution in [0, 0.1) is 6.92 Å². The number of benzene rings is 8. The minimum Gasteiger partial charge on any atom is -0.458 e. The van der Waals surface area contributed by atoms with Crippen molar-refractivity contribution >= 4 is 83.1 Å². The van der Waals surface area contributed by atoms with Crippen molar-refractivity contribution < 1.29 is 13.9 Å². The van der Waals surface area contributed by atoms with E-state index in [0.717, 1.165) is 72.7 Å². The van der Waals surface area contributed by atoms with Gasteiger partial charge in [0.15, 0.2) is 0 Å². The quantitative estimate of drug-likeness (QED) is 0.170. The first-order valence-corrected chi connectivity index (χ1v) is 18.5. The van der Waals surface area contributed by atoms with E-state index >= 15 is 0 Å². The normalized spacial score (nSPS) is 13.2. The van der Waals surface area contributed by atoms with Crippen LogP contribution in [0.3, 0.4) is 0 Å². The second kappa shape index (κ2) is 10.1. The summed E-state index contributed by atoms with van der Waals surface area (Å²) in [6.45, 7) is 2.18. The maximum atomic E-state index is 6.82. The van der Waals surface area contributed by atoms with E-state index < -0.39 is 0 Å². The summed E-state index contributed by atoms with van der Waals surface area (Å²) in [7, 11) is 0. The molecule has 8 aromatic carbocycles. The van der Waals surface area contributed by atoms with Crippen LogP contribution in [0.1, 0.15) is 5.56 Å². The first-order chi connectivity index (χ1) is 26.7. The maximum Gasteiger partial charge on any atom is 0.260 e. The van der Waals surface area contributed by atoms with E-state index in [1.54, 1.807) is 0 Å². The molecular weight excluding hydrogens is 661 g/mol. The molecule has 11 aromatic rings. The molecule has 0 saturated heterocycles. The third kappa shape index (κ3) is 3.68. The lowest BCUT2D eigenvalue weighted by molar-refractivity contribution is 0.465. The summed E-state index contributed by atoms with van der Waals surface area (Å²) in [5.41, 5.74) is 14.4. The maximum absolute atomic E-state index is 6.82. The van der Waals surface area contributed by atoms with E-state index in [1.807, 2.05) is 6.07 Å². The van der Waals surface area contributed by atoms with E-state index in [2.05, 4.69) is 157 Å². The number of furan rings is 1. The van der Waals surface area contributed by atoms with Crippen molar-refractivity contribution in [3.8, 4) is 45.3 Å². The van der Waals surface area contributed by atoms with Crippen molar-refractivity contribution in [2.24, 2.45) is 0 Å². The van der Waals surface area contributed by atoms with Crippen LogP contribution in [0.2, 0.25) is 0 Å². The molecule has 0 aliphatic carbocycles. The van der Waals surface area contributed by atoms with E-state index in [4.69, 9.17) is 13.9 Å². The van der Waals surface area contributed by atoms with Crippen LogP contribution in [-0.2, 0) is 0 Å². The molecule has 0 bridgehead atoms. The van der Waals surface area contributed by atoms with Crippen LogP contribution >= 0.6 is 0 Å². The van der Waals surface area contributed by atoms with Gasteiger partial charge in [-0.25, -0.2) is 0 Å². The van der Waals surface area contributed by atoms with Crippen molar-refractivity contribution in [2.45, 2.75) is 6.92 Å². The average Bonchev–Trinajstić information content (AvgIpc) is 3.86. The van der Waals surface area contributed by atoms with Gasteiger partial charge in [0.05, 0.1) is 16.6 Å². The number of para-hydroxylation sites is 4. The Hall–Kier alpha value is -6.98. The topological polar surface area (TPSA) is 36.0 Å². The molecule has 0 amide bonds. The Morgan fingerprint density at radius 2 is 1.19 bits per heavy atom. The van der Waals surface area contributed by atoms with Crippen LogP contribution in [-0.4, -0.2) is 11.1 Å². The molecule has 2 aliphatic heterocycles. The molecule has 0 spiro atoms. The van der Waals surface area contributed by atoms with Gasteiger partial charge in [-0.15, -0.1) is 0 Å². The van der Waals surface area contributed by atoms with Gasteiger partial charge in [-0.2, -0.15) is 0 Å². The van der Waals surface area contributed by atoms with Crippen LogP contribution in [0.5, 0.6) is 23.0 Å². The Bertz CT molecular complexity index is 3410. The first kappa shape index (κ1) is 28.6. The SMILES string of the molecule is Cc1ccc2c(c1)B1c3ccccc3Oc3cc(-c4cccc(-c5cccc6c5oc5cc7c8cccc9c%10ccccc%10n(c7cc56)c98)c4)cc(c31)O2. The molecule has 5 heteroatoms. The number of aryl methyl sites for hydroxylation is 1. The van der Waals surface area contributed by atoms with E-state index in [-0.39, 0.29) is 6.71 Å². The first-order valence-electron chi connectivity index (χ1n) is 18.5. The third-order valence-corrected chi connectivity index (χ3v) is 11.9. The average molecular weight is 690 g/mol. The molecule has 250 valence electrons. The molecular formula is C49H28BNO3. The Morgan fingerprint density at radius 1 is 0.463 bits per heavy atom. The van der Waals surface area contributed by atoms with Crippen LogP contribution in [0.4, 0.5) is 0 Å². The fraction of sp³-hybridized carbons (Fsp3) is 0.0204. The van der Waals surface area contributed by atoms with Crippen molar-refractivity contribution in [3.63, 3.8) is 0 Å². The lowest BCUT2D eigenvalue weighted by atomic mass is 9.34. The monoisotopic (exact) mass is 689 g/mol. The standard InChI is InChI=1S/C49H28BNO3/c1-27-19-20-43-39(21-27)50-38-16-3-5-18-42(38)52-45-23-30(24-46(53-43)47(45)50)28-9-6-10-29(22-28)31-12-7-15-35-37-25-41-36(26-44(37)54-49(31)35)34-14-8-13-33-32-11-2-4-17-40(32)51(41)48(33)34/h2-26H,1H3. The fourth-order valence-electron chi connectivity index (χ4n) is 9.55. The van der Waals surface area contributed by atoms with Gasteiger partial charge in [-0.3, -0.25) is 0 Å². The van der Waals surface area contributed by atoms with Gasteiger partial charge in [0.2, 0.25) is 0 Å². The van der Waals surface area contributed by atoms with Crippen LogP contribution in [0.15, 0.2) is 156 Å². The van der Waals surface area contributed by atoms with Crippen molar-refractivity contribution in [1.82, 2.24) is 4.40 Å². The number of hydrogen-bond donors (Lipinski definition) is 0. The molecule has 0 unspecified atom stereocenters. The molecule has 54 heavy (non-hydrogen) atoms. The Balaban J connectivity index is 0.973. The number of aromatic nitrogens is 1. The Kier molecular flexibility index (Phi) is 5.36. The highest BCUT2D eigenvalue weighted by Gasteiger charge is 2.40. The molecule has 2 aliphatic rings. The Labute approximate surface area is 309 Å². The predicted molar refractivity (Wildman–Crippen MR) is 222 cm³/mol. The molecule has 0 radical (unpaired) electrons.